The maximum Gasteiger partial charge on any atom is 0.258 e. The number of benzene rings is 1. The quantitative estimate of drug-likeness (QED) is 0.405. The van der Waals surface area contributed by atoms with Crippen molar-refractivity contribution in [2.75, 3.05) is 0 Å². The zero-order chi connectivity index (χ0) is 19.3. The van der Waals surface area contributed by atoms with E-state index in [1.54, 1.807) is 24.5 Å². The second kappa shape index (κ2) is 8.53. The number of hydrogen-bond donors (Lipinski definition) is 0. The smallest absolute Gasteiger partial charge is 0.258 e. The predicted octanol–water partition coefficient (Wildman–Crippen LogP) is 4.75. The number of nitrogens with zero attached hydrogens (tertiary/aromatic N) is 6. The van der Waals surface area contributed by atoms with Crippen LogP contribution in [0, 0.1) is 0 Å². The third-order valence-corrected chi connectivity index (χ3v) is 5.17. The second-order valence-corrected chi connectivity index (χ2v) is 7.39. The van der Waals surface area contributed by atoms with Crippen molar-refractivity contribution in [3.05, 3.63) is 59.6 Å². The van der Waals surface area contributed by atoms with Gasteiger partial charge in [-0.3, -0.25) is 4.98 Å². The summed E-state index contributed by atoms with van der Waals surface area (Å²) < 4.78 is 7.47. The highest BCUT2D eigenvalue weighted by Gasteiger charge is 2.16. The molecule has 1 aromatic carbocycles. The van der Waals surface area contributed by atoms with Gasteiger partial charge in [-0.15, -0.1) is 10.2 Å². The highest BCUT2D eigenvalue weighted by Crippen LogP contribution is 2.27. The summed E-state index contributed by atoms with van der Waals surface area (Å²) in [7, 11) is 0. The molecule has 0 saturated heterocycles. The van der Waals surface area contributed by atoms with E-state index in [0.717, 1.165) is 35.1 Å². The van der Waals surface area contributed by atoms with E-state index in [-0.39, 0.29) is 0 Å². The molecule has 0 radical (unpaired) electrons. The monoisotopic (exact) mass is 412 g/mol. The Bertz CT molecular complexity index is 1070. The Balaban J connectivity index is 1.52. The van der Waals surface area contributed by atoms with Gasteiger partial charge in [0, 0.05) is 35.1 Å². The minimum Gasteiger partial charge on any atom is -0.334 e. The number of pyridine rings is 1. The highest BCUT2D eigenvalue weighted by atomic mass is 35.5. The Kier molecular flexibility index (Phi) is 5.68. The normalized spacial score (nSPS) is 11.1. The molecule has 0 atom stereocenters. The fourth-order valence-corrected chi connectivity index (χ4v) is 3.71. The summed E-state index contributed by atoms with van der Waals surface area (Å²) in [4.78, 5) is 8.52. The summed E-state index contributed by atoms with van der Waals surface area (Å²) in [5, 5.41) is 14.2. The molecule has 0 N–H and O–H groups in total. The van der Waals surface area contributed by atoms with Crippen LogP contribution in [0.25, 0.3) is 22.8 Å². The summed E-state index contributed by atoms with van der Waals surface area (Å²) in [5.74, 6) is 2.41. The Morgan fingerprint density at radius 3 is 2.75 bits per heavy atom. The minimum absolute atomic E-state index is 0.450. The third kappa shape index (κ3) is 4.07. The number of rotatable bonds is 7. The lowest BCUT2D eigenvalue weighted by atomic mass is 10.2. The summed E-state index contributed by atoms with van der Waals surface area (Å²) in [6, 6.07) is 11.2. The maximum absolute atomic E-state index is 6.03. The molecule has 0 spiro atoms. The van der Waals surface area contributed by atoms with Crippen LogP contribution in [0.1, 0.15) is 19.2 Å². The average molecular weight is 413 g/mol. The molecular weight excluding hydrogens is 396 g/mol. The largest absolute Gasteiger partial charge is 0.334 e. The molecule has 0 unspecified atom stereocenters. The first-order chi connectivity index (χ1) is 13.7. The predicted molar refractivity (Wildman–Crippen MR) is 108 cm³/mol. The maximum atomic E-state index is 6.03. The SMILES string of the molecule is CCCn1c(SCc2noc(-c3cccc(Cl)c3)n2)nnc1-c1ccncc1. The molecule has 4 rings (SSSR count). The highest BCUT2D eigenvalue weighted by molar-refractivity contribution is 7.98. The van der Waals surface area contributed by atoms with Gasteiger partial charge in [0.1, 0.15) is 0 Å². The van der Waals surface area contributed by atoms with Gasteiger partial charge in [-0.2, -0.15) is 4.98 Å². The van der Waals surface area contributed by atoms with Crippen LogP contribution >= 0.6 is 23.4 Å². The molecule has 0 aliphatic carbocycles. The molecule has 9 heteroatoms. The Labute approximate surface area is 171 Å². The van der Waals surface area contributed by atoms with E-state index < -0.39 is 0 Å². The van der Waals surface area contributed by atoms with Gasteiger partial charge in [-0.25, -0.2) is 0 Å². The lowest BCUT2D eigenvalue weighted by Crippen LogP contribution is -2.02. The van der Waals surface area contributed by atoms with Gasteiger partial charge in [-0.05, 0) is 36.8 Å². The van der Waals surface area contributed by atoms with Crippen molar-refractivity contribution in [3.63, 3.8) is 0 Å². The fourth-order valence-electron chi connectivity index (χ4n) is 2.72. The lowest BCUT2D eigenvalue weighted by molar-refractivity contribution is 0.425. The van der Waals surface area contributed by atoms with Crippen molar-refractivity contribution in [1.82, 2.24) is 29.9 Å². The van der Waals surface area contributed by atoms with Crippen LogP contribution in [0.15, 0.2) is 58.5 Å². The summed E-state index contributed by atoms with van der Waals surface area (Å²) in [6.45, 7) is 2.95. The van der Waals surface area contributed by atoms with Crippen molar-refractivity contribution in [3.8, 4) is 22.8 Å². The van der Waals surface area contributed by atoms with Crippen molar-refractivity contribution in [1.29, 1.82) is 0 Å². The Morgan fingerprint density at radius 1 is 1.11 bits per heavy atom. The molecule has 0 aliphatic heterocycles. The second-order valence-electron chi connectivity index (χ2n) is 6.01. The van der Waals surface area contributed by atoms with Gasteiger partial charge in [0.25, 0.3) is 5.89 Å². The Morgan fingerprint density at radius 2 is 1.96 bits per heavy atom. The first kappa shape index (κ1) is 18.6. The third-order valence-electron chi connectivity index (χ3n) is 3.97. The lowest BCUT2D eigenvalue weighted by Gasteiger charge is -2.07. The van der Waals surface area contributed by atoms with Crippen molar-refractivity contribution >= 4 is 23.4 Å². The zero-order valence-corrected chi connectivity index (χ0v) is 16.7. The van der Waals surface area contributed by atoms with Crippen LogP contribution in [0.3, 0.4) is 0 Å². The Hall–Kier alpha value is -2.71. The van der Waals surface area contributed by atoms with Crippen molar-refractivity contribution in [2.24, 2.45) is 0 Å². The van der Waals surface area contributed by atoms with Gasteiger partial charge in [0.05, 0.1) is 5.75 Å². The number of thioether (sulfide) groups is 1. The molecule has 0 aliphatic rings. The molecule has 0 amide bonds. The summed E-state index contributed by atoms with van der Waals surface area (Å²) >= 11 is 7.56. The topological polar surface area (TPSA) is 82.5 Å². The van der Waals surface area contributed by atoms with Gasteiger partial charge >= 0.3 is 0 Å². The van der Waals surface area contributed by atoms with E-state index in [1.807, 2.05) is 24.3 Å². The number of halogens is 1. The molecule has 3 aromatic heterocycles. The number of aromatic nitrogens is 6. The van der Waals surface area contributed by atoms with E-state index in [0.29, 0.717) is 22.5 Å². The molecule has 142 valence electrons. The first-order valence-electron chi connectivity index (χ1n) is 8.79. The number of hydrogen-bond acceptors (Lipinski definition) is 7. The van der Waals surface area contributed by atoms with Crippen molar-refractivity contribution < 1.29 is 4.52 Å². The van der Waals surface area contributed by atoms with Crippen LogP contribution in [-0.2, 0) is 12.3 Å². The molecule has 0 bridgehead atoms. The van der Waals surface area contributed by atoms with Crippen molar-refractivity contribution in [2.45, 2.75) is 30.8 Å². The van der Waals surface area contributed by atoms with E-state index in [2.05, 4.69) is 36.8 Å². The molecule has 3 heterocycles. The van der Waals surface area contributed by atoms with Crippen LogP contribution in [-0.4, -0.2) is 29.9 Å². The van der Waals surface area contributed by atoms with Gasteiger partial charge < -0.3 is 9.09 Å². The van der Waals surface area contributed by atoms with Gasteiger partial charge in [0.15, 0.2) is 16.8 Å². The summed E-state index contributed by atoms with van der Waals surface area (Å²) in [5.41, 5.74) is 1.79. The molecule has 7 nitrogen and oxygen atoms in total. The first-order valence-corrected chi connectivity index (χ1v) is 10.2. The van der Waals surface area contributed by atoms with E-state index >= 15 is 0 Å². The molecule has 4 aromatic rings. The van der Waals surface area contributed by atoms with E-state index in [1.165, 1.54) is 11.8 Å². The van der Waals surface area contributed by atoms with Crippen LogP contribution in [0.4, 0.5) is 0 Å². The van der Waals surface area contributed by atoms with Crippen LogP contribution < -0.4 is 0 Å². The molecular formula is C19H17ClN6OS. The van der Waals surface area contributed by atoms with Gasteiger partial charge in [0.2, 0.25) is 0 Å². The standard InChI is InChI=1S/C19H17ClN6OS/c1-2-10-26-17(13-6-8-21-9-7-13)23-24-19(26)28-12-16-22-18(27-25-16)14-4-3-5-15(20)11-14/h3-9,11H,2,10,12H2,1H3. The zero-order valence-electron chi connectivity index (χ0n) is 15.1. The van der Waals surface area contributed by atoms with E-state index in [4.69, 9.17) is 16.1 Å². The van der Waals surface area contributed by atoms with Crippen LogP contribution in [0.5, 0.6) is 0 Å². The molecule has 0 fully saturated rings. The van der Waals surface area contributed by atoms with Crippen LogP contribution in [0.2, 0.25) is 5.02 Å². The molecule has 28 heavy (non-hydrogen) atoms. The summed E-state index contributed by atoms with van der Waals surface area (Å²) in [6.07, 6.45) is 4.48. The van der Waals surface area contributed by atoms with Gasteiger partial charge in [-0.1, -0.05) is 41.5 Å². The average Bonchev–Trinajstić information content (AvgIpc) is 3.35. The van der Waals surface area contributed by atoms with E-state index in [9.17, 15) is 0 Å². The fraction of sp³-hybridized carbons (Fsp3) is 0.211. The minimum atomic E-state index is 0.450. The molecule has 0 saturated carbocycles.